The minimum atomic E-state index is -0.0696. The molecular formula is C21H16N2O2. The number of ether oxygens (including phenoxy) is 1. The zero-order valence-corrected chi connectivity index (χ0v) is 13.7. The molecule has 0 fully saturated rings. The number of para-hydroxylation sites is 2. The second kappa shape index (κ2) is 6.24. The molecule has 0 aliphatic carbocycles. The van der Waals surface area contributed by atoms with Crippen molar-refractivity contribution in [3.05, 3.63) is 95.0 Å². The van der Waals surface area contributed by atoms with E-state index in [0.717, 1.165) is 17.2 Å². The zero-order valence-electron chi connectivity index (χ0n) is 13.7. The summed E-state index contributed by atoms with van der Waals surface area (Å²) in [6.07, 6.45) is 0. The summed E-state index contributed by atoms with van der Waals surface area (Å²) in [6.45, 7) is 1.84. The topological polar surface area (TPSA) is 44.1 Å². The molecule has 1 heterocycles. The van der Waals surface area contributed by atoms with E-state index in [0.29, 0.717) is 16.7 Å². The van der Waals surface area contributed by atoms with Gasteiger partial charge in [0.15, 0.2) is 0 Å². The Bertz CT molecular complexity index is 1080. The molecule has 0 amide bonds. The third kappa shape index (κ3) is 2.90. The summed E-state index contributed by atoms with van der Waals surface area (Å²) in [5, 5.41) is 0.609. The highest BCUT2D eigenvalue weighted by Gasteiger charge is 2.09. The molecule has 3 aromatic carbocycles. The number of aromatic nitrogens is 2. The number of fused-ring (bicyclic) bond motifs is 1. The van der Waals surface area contributed by atoms with E-state index in [2.05, 4.69) is 4.98 Å². The predicted molar refractivity (Wildman–Crippen MR) is 98.6 cm³/mol. The predicted octanol–water partition coefficient (Wildman–Crippen LogP) is 4.49. The van der Waals surface area contributed by atoms with Crippen molar-refractivity contribution >= 4 is 10.9 Å². The van der Waals surface area contributed by atoms with Crippen molar-refractivity contribution in [1.82, 2.24) is 9.55 Å². The standard InChI is InChI=1S/C21H16N2O2/c1-15-22-20-10-6-5-9-19(20)21(24)23(15)16-11-13-18(14-12-16)25-17-7-3-2-4-8-17/h2-14H,1H3. The minimum absolute atomic E-state index is 0.0696. The number of aryl methyl sites for hydroxylation is 1. The van der Waals surface area contributed by atoms with Gasteiger partial charge in [-0.1, -0.05) is 30.3 Å². The fraction of sp³-hybridized carbons (Fsp3) is 0.0476. The number of nitrogens with zero attached hydrogens (tertiary/aromatic N) is 2. The highest BCUT2D eigenvalue weighted by Crippen LogP contribution is 2.22. The maximum atomic E-state index is 12.8. The summed E-state index contributed by atoms with van der Waals surface area (Å²) >= 11 is 0. The molecule has 25 heavy (non-hydrogen) atoms. The Hall–Kier alpha value is -3.40. The average molecular weight is 328 g/mol. The fourth-order valence-corrected chi connectivity index (χ4v) is 2.84. The lowest BCUT2D eigenvalue weighted by Crippen LogP contribution is -2.22. The second-order valence-electron chi connectivity index (χ2n) is 5.73. The highest BCUT2D eigenvalue weighted by molar-refractivity contribution is 5.77. The quantitative estimate of drug-likeness (QED) is 0.557. The van der Waals surface area contributed by atoms with Crippen molar-refractivity contribution in [3.8, 4) is 17.2 Å². The van der Waals surface area contributed by atoms with Crippen LogP contribution in [0, 0.1) is 6.92 Å². The van der Waals surface area contributed by atoms with Crippen LogP contribution in [0.25, 0.3) is 16.6 Å². The Balaban J connectivity index is 1.73. The Morgan fingerprint density at radius 2 is 1.44 bits per heavy atom. The van der Waals surface area contributed by atoms with Crippen molar-refractivity contribution in [3.63, 3.8) is 0 Å². The summed E-state index contributed by atoms with van der Waals surface area (Å²) in [6, 6.07) is 24.4. The van der Waals surface area contributed by atoms with Gasteiger partial charge in [-0.25, -0.2) is 4.98 Å². The van der Waals surface area contributed by atoms with Crippen molar-refractivity contribution < 1.29 is 4.74 Å². The number of rotatable bonds is 3. The maximum Gasteiger partial charge on any atom is 0.265 e. The average Bonchev–Trinajstić information content (AvgIpc) is 2.64. The molecule has 0 N–H and O–H groups in total. The molecule has 4 nitrogen and oxygen atoms in total. The Morgan fingerprint density at radius 1 is 0.800 bits per heavy atom. The summed E-state index contributed by atoms with van der Waals surface area (Å²) in [7, 11) is 0. The van der Waals surface area contributed by atoms with Crippen molar-refractivity contribution in [2.24, 2.45) is 0 Å². The molecule has 0 spiro atoms. The van der Waals surface area contributed by atoms with Crippen LogP contribution in [-0.4, -0.2) is 9.55 Å². The smallest absolute Gasteiger partial charge is 0.265 e. The van der Waals surface area contributed by atoms with E-state index in [1.54, 1.807) is 10.6 Å². The van der Waals surface area contributed by atoms with Gasteiger partial charge in [-0.05, 0) is 55.5 Å². The van der Waals surface area contributed by atoms with Crippen LogP contribution in [0.15, 0.2) is 83.7 Å². The first kappa shape index (κ1) is 15.1. The third-order valence-electron chi connectivity index (χ3n) is 4.02. The van der Waals surface area contributed by atoms with Gasteiger partial charge in [0.2, 0.25) is 0 Å². The zero-order chi connectivity index (χ0) is 17.2. The van der Waals surface area contributed by atoms with Gasteiger partial charge in [0.25, 0.3) is 5.56 Å². The minimum Gasteiger partial charge on any atom is -0.457 e. The van der Waals surface area contributed by atoms with Gasteiger partial charge < -0.3 is 4.74 Å². The molecule has 0 bridgehead atoms. The second-order valence-corrected chi connectivity index (χ2v) is 5.73. The number of hydrogen-bond acceptors (Lipinski definition) is 3. The molecule has 0 aliphatic heterocycles. The van der Waals surface area contributed by atoms with Crippen molar-refractivity contribution in [2.45, 2.75) is 6.92 Å². The van der Waals surface area contributed by atoms with Crippen LogP contribution in [0.4, 0.5) is 0 Å². The molecule has 4 aromatic rings. The summed E-state index contributed by atoms with van der Waals surface area (Å²) < 4.78 is 7.42. The first-order chi connectivity index (χ1) is 12.2. The molecule has 4 rings (SSSR count). The van der Waals surface area contributed by atoms with Crippen LogP contribution in [0.1, 0.15) is 5.82 Å². The van der Waals surface area contributed by atoms with E-state index in [9.17, 15) is 4.79 Å². The highest BCUT2D eigenvalue weighted by atomic mass is 16.5. The lowest BCUT2D eigenvalue weighted by atomic mass is 10.2. The Morgan fingerprint density at radius 3 is 2.20 bits per heavy atom. The van der Waals surface area contributed by atoms with Crippen LogP contribution >= 0.6 is 0 Å². The lowest BCUT2D eigenvalue weighted by molar-refractivity contribution is 0.482. The van der Waals surface area contributed by atoms with Crippen LogP contribution in [0.2, 0.25) is 0 Å². The van der Waals surface area contributed by atoms with E-state index in [1.807, 2.05) is 79.7 Å². The summed E-state index contributed by atoms with van der Waals surface area (Å²) in [4.78, 5) is 17.4. The number of benzene rings is 3. The maximum absolute atomic E-state index is 12.8. The normalized spacial score (nSPS) is 10.8. The van der Waals surface area contributed by atoms with E-state index in [1.165, 1.54) is 0 Å². The largest absolute Gasteiger partial charge is 0.457 e. The van der Waals surface area contributed by atoms with Gasteiger partial charge in [0.1, 0.15) is 17.3 Å². The van der Waals surface area contributed by atoms with E-state index < -0.39 is 0 Å². The molecule has 1 aromatic heterocycles. The molecule has 0 saturated heterocycles. The first-order valence-corrected chi connectivity index (χ1v) is 8.04. The van der Waals surface area contributed by atoms with E-state index >= 15 is 0 Å². The van der Waals surface area contributed by atoms with Crippen molar-refractivity contribution in [1.29, 1.82) is 0 Å². The molecule has 0 atom stereocenters. The molecule has 0 aliphatic rings. The third-order valence-corrected chi connectivity index (χ3v) is 4.02. The lowest BCUT2D eigenvalue weighted by Gasteiger charge is -2.12. The first-order valence-electron chi connectivity index (χ1n) is 8.04. The summed E-state index contributed by atoms with van der Waals surface area (Å²) in [5.74, 6) is 2.14. The molecular weight excluding hydrogens is 312 g/mol. The Labute approximate surface area is 145 Å². The van der Waals surface area contributed by atoms with E-state index in [4.69, 9.17) is 4.74 Å². The molecule has 4 heteroatoms. The van der Waals surface area contributed by atoms with Crippen LogP contribution in [0.3, 0.4) is 0 Å². The van der Waals surface area contributed by atoms with Gasteiger partial charge in [-0.3, -0.25) is 9.36 Å². The molecule has 0 unspecified atom stereocenters. The van der Waals surface area contributed by atoms with Gasteiger partial charge in [-0.15, -0.1) is 0 Å². The van der Waals surface area contributed by atoms with Gasteiger partial charge in [0, 0.05) is 0 Å². The Kier molecular flexibility index (Phi) is 3.78. The van der Waals surface area contributed by atoms with Gasteiger partial charge >= 0.3 is 0 Å². The van der Waals surface area contributed by atoms with Crippen molar-refractivity contribution in [2.75, 3.05) is 0 Å². The van der Waals surface area contributed by atoms with E-state index in [-0.39, 0.29) is 5.56 Å². The SMILES string of the molecule is Cc1nc2ccccc2c(=O)n1-c1ccc(Oc2ccccc2)cc1. The van der Waals surface area contributed by atoms with Crippen LogP contribution in [0.5, 0.6) is 11.5 Å². The molecule has 0 radical (unpaired) electrons. The monoisotopic (exact) mass is 328 g/mol. The fourth-order valence-electron chi connectivity index (χ4n) is 2.84. The van der Waals surface area contributed by atoms with Crippen LogP contribution < -0.4 is 10.3 Å². The summed E-state index contributed by atoms with van der Waals surface area (Å²) in [5.41, 5.74) is 1.41. The van der Waals surface area contributed by atoms with Crippen LogP contribution in [-0.2, 0) is 0 Å². The van der Waals surface area contributed by atoms with Gasteiger partial charge in [-0.2, -0.15) is 0 Å². The molecule has 0 saturated carbocycles. The van der Waals surface area contributed by atoms with Gasteiger partial charge in [0.05, 0.1) is 16.6 Å². The number of hydrogen-bond donors (Lipinski definition) is 0. The molecule has 122 valence electrons.